The number of benzene rings is 1. The first kappa shape index (κ1) is 14.4. The van der Waals surface area contributed by atoms with Gasteiger partial charge in [0.2, 0.25) is 4.96 Å². The number of thiazole rings is 1. The highest BCUT2D eigenvalue weighted by Gasteiger charge is 2.08. The SMILES string of the molecule is Cc1nn2c(=O)/c(=C\c3ccc(N(C)C)cc3)sc2nc1=O. The molecule has 0 spiro atoms. The minimum atomic E-state index is -0.400. The summed E-state index contributed by atoms with van der Waals surface area (Å²) in [4.78, 5) is 30.0. The molecule has 3 rings (SSSR count). The monoisotopic (exact) mass is 314 g/mol. The third-order valence-electron chi connectivity index (χ3n) is 3.25. The van der Waals surface area contributed by atoms with Gasteiger partial charge in [-0.1, -0.05) is 23.5 Å². The molecule has 2 aromatic heterocycles. The molecule has 0 saturated heterocycles. The second kappa shape index (κ2) is 5.34. The fourth-order valence-corrected chi connectivity index (χ4v) is 2.91. The molecule has 112 valence electrons. The minimum absolute atomic E-state index is 0.217. The van der Waals surface area contributed by atoms with E-state index >= 15 is 0 Å². The number of hydrogen-bond donors (Lipinski definition) is 0. The van der Waals surface area contributed by atoms with Crippen molar-refractivity contribution in [3.05, 3.63) is 60.8 Å². The zero-order valence-corrected chi connectivity index (χ0v) is 13.2. The molecule has 0 bridgehead atoms. The number of nitrogens with zero attached hydrogens (tertiary/aromatic N) is 4. The second-order valence-corrected chi connectivity index (χ2v) is 6.11. The molecular weight excluding hydrogens is 300 g/mol. The number of hydrogen-bond acceptors (Lipinski definition) is 6. The Kier molecular flexibility index (Phi) is 3.50. The van der Waals surface area contributed by atoms with Gasteiger partial charge in [-0.2, -0.15) is 14.6 Å². The Morgan fingerprint density at radius 1 is 1.18 bits per heavy atom. The Labute approximate surface area is 130 Å². The molecule has 0 N–H and O–H groups in total. The summed E-state index contributed by atoms with van der Waals surface area (Å²) in [7, 11) is 3.94. The van der Waals surface area contributed by atoms with E-state index in [1.807, 2.05) is 43.3 Å². The highest BCUT2D eigenvalue weighted by molar-refractivity contribution is 7.15. The maximum absolute atomic E-state index is 12.3. The molecule has 0 fully saturated rings. The van der Waals surface area contributed by atoms with Crippen LogP contribution >= 0.6 is 11.3 Å². The van der Waals surface area contributed by atoms with Gasteiger partial charge in [0.15, 0.2) is 0 Å². The van der Waals surface area contributed by atoms with Crippen LogP contribution in [0.4, 0.5) is 5.69 Å². The predicted octanol–water partition coefficient (Wildman–Crippen LogP) is 0.433. The van der Waals surface area contributed by atoms with Crippen LogP contribution in [0.15, 0.2) is 33.9 Å². The van der Waals surface area contributed by atoms with Crippen molar-refractivity contribution >= 4 is 28.1 Å². The van der Waals surface area contributed by atoms with Gasteiger partial charge < -0.3 is 4.90 Å². The zero-order valence-electron chi connectivity index (χ0n) is 12.4. The van der Waals surface area contributed by atoms with E-state index in [4.69, 9.17) is 0 Å². The van der Waals surface area contributed by atoms with Crippen LogP contribution in [0.2, 0.25) is 0 Å². The molecule has 0 saturated carbocycles. The summed E-state index contributed by atoms with van der Waals surface area (Å²) in [6.07, 6.45) is 1.78. The Hall–Kier alpha value is -2.54. The van der Waals surface area contributed by atoms with Crippen molar-refractivity contribution in [2.45, 2.75) is 6.92 Å². The Morgan fingerprint density at radius 2 is 1.86 bits per heavy atom. The molecule has 0 atom stereocenters. The average Bonchev–Trinajstić information content (AvgIpc) is 2.77. The van der Waals surface area contributed by atoms with Crippen molar-refractivity contribution in [2.75, 3.05) is 19.0 Å². The quantitative estimate of drug-likeness (QED) is 0.686. The first-order valence-electron chi connectivity index (χ1n) is 6.65. The Balaban J connectivity index is 2.15. The van der Waals surface area contributed by atoms with Crippen LogP contribution in [0.1, 0.15) is 11.3 Å². The van der Waals surface area contributed by atoms with E-state index in [1.54, 1.807) is 13.0 Å². The summed E-state index contributed by atoms with van der Waals surface area (Å²) >= 11 is 1.16. The molecule has 6 nitrogen and oxygen atoms in total. The van der Waals surface area contributed by atoms with E-state index in [2.05, 4.69) is 10.1 Å². The zero-order chi connectivity index (χ0) is 15.9. The van der Waals surface area contributed by atoms with E-state index in [1.165, 1.54) is 4.52 Å². The molecular formula is C15H14N4O2S. The maximum Gasteiger partial charge on any atom is 0.295 e. The lowest BCUT2D eigenvalue weighted by Crippen LogP contribution is -2.27. The number of fused-ring (bicyclic) bond motifs is 1. The first-order valence-corrected chi connectivity index (χ1v) is 7.47. The summed E-state index contributed by atoms with van der Waals surface area (Å²) < 4.78 is 1.68. The van der Waals surface area contributed by atoms with Crippen LogP contribution < -0.4 is 20.6 Å². The van der Waals surface area contributed by atoms with Gasteiger partial charge in [0.1, 0.15) is 5.69 Å². The standard InChI is InChI=1S/C15H14N4O2S/c1-9-13(20)16-15-19(17-9)14(21)12(22-15)8-10-4-6-11(7-5-10)18(2)3/h4-8H,1-3H3/b12-8+. The van der Waals surface area contributed by atoms with E-state index in [0.29, 0.717) is 9.49 Å². The van der Waals surface area contributed by atoms with Crippen LogP contribution in [-0.2, 0) is 0 Å². The Bertz CT molecular complexity index is 1000. The highest BCUT2D eigenvalue weighted by Crippen LogP contribution is 2.12. The number of aryl methyl sites for hydroxylation is 1. The molecule has 0 aliphatic carbocycles. The fourth-order valence-electron chi connectivity index (χ4n) is 2.01. The van der Waals surface area contributed by atoms with Crippen molar-refractivity contribution in [1.29, 1.82) is 0 Å². The van der Waals surface area contributed by atoms with Gasteiger partial charge in [0, 0.05) is 19.8 Å². The van der Waals surface area contributed by atoms with Crippen molar-refractivity contribution in [3.63, 3.8) is 0 Å². The molecule has 7 heteroatoms. The van der Waals surface area contributed by atoms with Crippen molar-refractivity contribution < 1.29 is 0 Å². The van der Waals surface area contributed by atoms with Crippen molar-refractivity contribution in [3.8, 4) is 0 Å². The number of anilines is 1. The molecule has 0 amide bonds. The van der Waals surface area contributed by atoms with Crippen molar-refractivity contribution in [2.24, 2.45) is 0 Å². The summed E-state index contributed by atoms with van der Waals surface area (Å²) in [5, 5.41) is 3.99. The number of rotatable bonds is 2. The van der Waals surface area contributed by atoms with Gasteiger partial charge in [-0.05, 0) is 30.7 Å². The topological polar surface area (TPSA) is 67.6 Å². The van der Waals surface area contributed by atoms with E-state index in [0.717, 1.165) is 22.6 Å². The van der Waals surface area contributed by atoms with Crippen LogP contribution in [0.3, 0.4) is 0 Å². The third-order valence-corrected chi connectivity index (χ3v) is 4.21. The van der Waals surface area contributed by atoms with Gasteiger partial charge in [0.25, 0.3) is 11.1 Å². The van der Waals surface area contributed by atoms with Crippen molar-refractivity contribution in [1.82, 2.24) is 14.6 Å². The number of aromatic nitrogens is 3. The first-order chi connectivity index (χ1) is 10.5. The summed E-state index contributed by atoms with van der Waals surface area (Å²) in [5.74, 6) is 0. The lowest BCUT2D eigenvalue weighted by atomic mass is 10.2. The van der Waals surface area contributed by atoms with E-state index < -0.39 is 5.56 Å². The molecule has 0 aliphatic heterocycles. The van der Waals surface area contributed by atoms with Gasteiger partial charge in [-0.3, -0.25) is 9.59 Å². The van der Waals surface area contributed by atoms with Crippen LogP contribution in [0, 0.1) is 6.92 Å². The van der Waals surface area contributed by atoms with E-state index in [-0.39, 0.29) is 11.3 Å². The van der Waals surface area contributed by atoms with Crippen LogP contribution in [0.5, 0.6) is 0 Å². The smallest absolute Gasteiger partial charge is 0.295 e. The lowest BCUT2D eigenvalue weighted by Gasteiger charge is -2.11. The van der Waals surface area contributed by atoms with Gasteiger partial charge >= 0.3 is 0 Å². The second-order valence-electron chi connectivity index (χ2n) is 5.10. The maximum atomic E-state index is 12.3. The van der Waals surface area contributed by atoms with Gasteiger partial charge in [-0.25, -0.2) is 0 Å². The molecule has 2 heterocycles. The predicted molar refractivity (Wildman–Crippen MR) is 87.7 cm³/mol. The molecule has 0 unspecified atom stereocenters. The van der Waals surface area contributed by atoms with Gasteiger partial charge in [-0.15, -0.1) is 0 Å². The fraction of sp³-hybridized carbons (Fsp3) is 0.200. The highest BCUT2D eigenvalue weighted by atomic mass is 32.1. The summed E-state index contributed by atoms with van der Waals surface area (Å²) in [5.41, 5.74) is 1.55. The molecule has 0 aliphatic rings. The largest absolute Gasteiger partial charge is 0.378 e. The lowest BCUT2D eigenvalue weighted by molar-refractivity contribution is 0.833. The Morgan fingerprint density at radius 3 is 2.50 bits per heavy atom. The normalized spacial score (nSPS) is 12.0. The molecule has 1 aromatic carbocycles. The molecule has 22 heavy (non-hydrogen) atoms. The van der Waals surface area contributed by atoms with Crippen LogP contribution in [0.25, 0.3) is 11.0 Å². The van der Waals surface area contributed by atoms with Crippen LogP contribution in [-0.4, -0.2) is 28.7 Å². The van der Waals surface area contributed by atoms with Gasteiger partial charge in [0.05, 0.1) is 4.53 Å². The molecule has 3 aromatic rings. The molecule has 0 radical (unpaired) electrons. The average molecular weight is 314 g/mol. The summed E-state index contributed by atoms with van der Waals surface area (Å²) in [6.45, 7) is 1.54. The third kappa shape index (κ3) is 2.50. The minimum Gasteiger partial charge on any atom is -0.378 e. The summed E-state index contributed by atoms with van der Waals surface area (Å²) in [6, 6.07) is 7.84. The van der Waals surface area contributed by atoms with E-state index in [9.17, 15) is 9.59 Å².